The SMILES string of the molecule is C[CH2][Al+2].O=S(=O)([O-])[O-]. The van der Waals surface area contributed by atoms with Crippen LogP contribution in [0.5, 0.6) is 0 Å². The fraction of sp³-hybridized carbons (Fsp3) is 1.00. The van der Waals surface area contributed by atoms with Crippen molar-refractivity contribution in [2.75, 3.05) is 0 Å². The minimum Gasteiger partial charge on any atom is -0.759 e. The second kappa shape index (κ2) is 5.54. The van der Waals surface area contributed by atoms with Crippen LogP contribution in [0.15, 0.2) is 0 Å². The van der Waals surface area contributed by atoms with E-state index in [1.54, 1.807) is 0 Å². The van der Waals surface area contributed by atoms with Crippen molar-refractivity contribution < 1.29 is 17.5 Å². The van der Waals surface area contributed by atoms with Crippen LogP contribution in [0.4, 0.5) is 0 Å². The average molecular weight is 152 g/mol. The smallest absolute Gasteiger partial charge is 0.0311 e. The summed E-state index contributed by atoms with van der Waals surface area (Å²) in [4.78, 5) is 0. The minimum atomic E-state index is -5.17. The molecule has 0 radical (unpaired) electrons. The monoisotopic (exact) mass is 152 g/mol. The maximum Gasteiger partial charge on any atom is 0.0311 e. The number of hydrogen-bond donors (Lipinski definition) is 0. The molecule has 0 rings (SSSR count). The normalized spacial score (nSPS) is 9.62. The summed E-state index contributed by atoms with van der Waals surface area (Å²) in [6.45, 7) is 2.09. The molecule has 0 aliphatic carbocycles. The van der Waals surface area contributed by atoms with E-state index < -0.39 is 10.4 Å². The number of hydrogen-bond acceptors (Lipinski definition) is 4. The van der Waals surface area contributed by atoms with Gasteiger partial charge in [-0.15, -0.1) is 0 Å². The van der Waals surface area contributed by atoms with Crippen molar-refractivity contribution >= 4 is 26.7 Å². The van der Waals surface area contributed by atoms with Crippen molar-refractivity contribution in [1.82, 2.24) is 0 Å². The molecule has 0 amide bonds. The second-order valence-corrected chi connectivity index (χ2v) is 2.45. The Kier molecular flexibility index (Phi) is 7.77. The van der Waals surface area contributed by atoms with Gasteiger partial charge in [-0.05, 0) is 0 Å². The Hall–Kier alpha value is 0.402. The van der Waals surface area contributed by atoms with Crippen LogP contribution in [0.2, 0.25) is 5.28 Å². The molecule has 8 heavy (non-hydrogen) atoms. The van der Waals surface area contributed by atoms with Crippen LogP contribution in [0, 0.1) is 0 Å². The molecule has 6 heteroatoms. The molecular weight excluding hydrogens is 147 g/mol. The summed E-state index contributed by atoms with van der Waals surface area (Å²) < 4.78 is 34.1. The van der Waals surface area contributed by atoms with Gasteiger partial charge in [-0.25, -0.2) is 0 Å². The maximum absolute atomic E-state index is 8.52. The van der Waals surface area contributed by atoms with Crippen LogP contribution < -0.4 is 0 Å². The van der Waals surface area contributed by atoms with Gasteiger partial charge in [0.05, 0.1) is 0 Å². The second-order valence-electron chi connectivity index (χ2n) is 0.816. The maximum atomic E-state index is 8.52. The Labute approximate surface area is 56.9 Å². The van der Waals surface area contributed by atoms with Gasteiger partial charge < -0.3 is 9.11 Å². The standard InChI is InChI=1S/C2H5.Al.H2O4S/c1-2;;1-5(2,3)4/h1H2,2H3;;(H2,1,2,3,4)/q;+2;/p-2. The molecule has 0 aliphatic rings. The Morgan fingerprint density at radius 1 is 1.50 bits per heavy atom. The van der Waals surface area contributed by atoms with E-state index in [2.05, 4.69) is 23.2 Å². The summed E-state index contributed by atoms with van der Waals surface area (Å²) >= 11 is 2.58. The van der Waals surface area contributed by atoms with Gasteiger partial charge in [0.15, 0.2) is 0 Å². The predicted molar refractivity (Wildman–Crippen MR) is 26.7 cm³/mol. The number of rotatable bonds is 0. The van der Waals surface area contributed by atoms with Crippen molar-refractivity contribution in [3.63, 3.8) is 0 Å². The van der Waals surface area contributed by atoms with E-state index in [1.165, 1.54) is 5.28 Å². The van der Waals surface area contributed by atoms with Gasteiger partial charge in [-0.1, -0.05) is 0 Å². The molecule has 0 atom stereocenters. The summed E-state index contributed by atoms with van der Waals surface area (Å²) in [7, 11) is -5.17. The van der Waals surface area contributed by atoms with Gasteiger partial charge in [0, 0.05) is 10.4 Å². The molecular formula is C2H5AlO4S. The van der Waals surface area contributed by atoms with E-state index in [0.717, 1.165) is 0 Å². The van der Waals surface area contributed by atoms with Gasteiger partial charge >= 0.3 is 28.5 Å². The summed E-state index contributed by atoms with van der Waals surface area (Å²) in [5.41, 5.74) is 0. The van der Waals surface area contributed by atoms with E-state index in [1.807, 2.05) is 0 Å². The molecule has 0 bridgehead atoms. The van der Waals surface area contributed by atoms with Gasteiger partial charge in [0.2, 0.25) is 0 Å². The zero-order chi connectivity index (χ0) is 7.21. The first-order valence-corrected chi connectivity index (χ1v) is 3.93. The summed E-state index contributed by atoms with van der Waals surface area (Å²) in [6, 6.07) is 0. The first kappa shape index (κ1) is 11.2. The van der Waals surface area contributed by atoms with Crippen LogP contribution in [0.1, 0.15) is 6.92 Å². The van der Waals surface area contributed by atoms with Gasteiger partial charge in [-0.2, -0.15) is 0 Å². The molecule has 0 saturated heterocycles. The molecule has 0 aromatic rings. The molecule has 0 N–H and O–H groups in total. The van der Waals surface area contributed by atoms with Gasteiger partial charge in [0.1, 0.15) is 0 Å². The molecule has 0 aromatic heterocycles. The third kappa shape index (κ3) is 1150. The van der Waals surface area contributed by atoms with E-state index >= 15 is 0 Å². The quantitative estimate of drug-likeness (QED) is 0.260. The Balaban J connectivity index is 0. The summed E-state index contributed by atoms with van der Waals surface area (Å²) in [5, 5.41) is 1.17. The van der Waals surface area contributed by atoms with Gasteiger partial charge in [0.25, 0.3) is 0 Å². The molecule has 0 aromatic carbocycles. The van der Waals surface area contributed by atoms with Crippen LogP contribution in [0.25, 0.3) is 0 Å². The van der Waals surface area contributed by atoms with E-state index in [0.29, 0.717) is 0 Å². The van der Waals surface area contributed by atoms with Crippen LogP contribution in [-0.2, 0) is 10.4 Å². The Bertz CT molecular complexity index is 108. The molecule has 0 unspecified atom stereocenters. The van der Waals surface area contributed by atoms with Crippen LogP contribution in [0.3, 0.4) is 0 Å². The Morgan fingerprint density at radius 3 is 1.50 bits per heavy atom. The molecule has 0 spiro atoms. The third-order valence-corrected chi connectivity index (χ3v) is 0. The fourth-order valence-electron chi connectivity index (χ4n) is 0. The molecule has 0 aliphatic heterocycles. The largest absolute Gasteiger partial charge is 0.759 e. The van der Waals surface area contributed by atoms with E-state index in [-0.39, 0.29) is 0 Å². The molecule has 0 fully saturated rings. The van der Waals surface area contributed by atoms with Crippen molar-refractivity contribution in [3.8, 4) is 0 Å². The molecule has 0 saturated carbocycles. The first-order valence-electron chi connectivity index (χ1n) is 1.78. The third-order valence-electron chi connectivity index (χ3n) is 0. The fourth-order valence-corrected chi connectivity index (χ4v) is 0. The topological polar surface area (TPSA) is 80.3 Å². The first-order chi connectivity index (χ1) is 3.41. The zero-order valence-corrected chi connectivity index (χ0v) is 6.30. The Morgan fingerprint density at radius 2 is 1.50 bits per heavy atom. The van der Waals surface area contributed by atoms with Crippen molar-refractivity contribution in [1.29, 1.82) is 0 Å². The summed E-state index contributed by atoms with van der Waals surface area (Å²) in [6.07, 6.45) is 0. The van der Waals surface area contributed by atoms with E-state index in [4.69, 9.17) is 17.5 Å². The zero-order valence-electron chi connectivity index (χ0n) is 4.33. The predicted octanol–water partition coefficient (Wildman–Crippen LogP) is -0.745. The van der Waals surface area contributed by atoms with Crippen LogP contribution in [-0.4, -0.2) is 33.8 Å². The molecule has 46 valence electrons. The summed E-state index contributed by atoms with van der Waals surface area (Å²) in [5.74, 6) is 0. The molecule has 4 nitrogen and oxygen atoms in total. The van der Waals surface area contributed by atoms with Crippen molar-refractivity contribution in [2.45, 2.75) is 12.2 Å². The van der Waals surface area contributed by atoms with Crippen LogP contribution >= 0.6 is 0 Å². The molecule has 0 heterocycles. The van der Waals surface area contributed by atoms with Crippen molar-refractivity contribution in [3.05, 3.63) is 0 Å². The minimum absolute atomic E-state index is 1.17. The van der Waals surface area contributed by atoms with Gasteiger partial charge in [-0.3, -0.25) is 8.42 Å². The van der Waals surface area contributed by atoms with E-state index in [9.17, 15) is 0 Å². The average Bonchev–Trinajstić information content (AvgIpc) is 1.27. The van der Waals surface area contributed by atoms with Crippen molar-refractivity contribution in [2.24, 2.45) is 0 Å².